The molecule has 0 fully saturated rings. The van der Waals surface area contributed by atoms with Crippen LogP contribution in [0.1, 0.15) is 42.4 Å². The Balaban J connectivity index is 1.83. The molecule has 1 atom stereocenters. The number of nitrogens with zero attached hydrogens (tertiary/aromatic N) is 3. The second kappa shape index (κ2) is 6.89. The highest BCUT2D eigenvalue weighted by atomic mass is 16.3. The number of phenolic OH excluding ortho intramolecular Hbond substituents is 1. The molecule has 28 heavy (non-hydrogen) atoms. The number of nitrogens with one attached hydrogen (secondary N) is 1. The van der Waals surface area contributed by atoms with Crippen molar-refractivity contribution in [3.05, 3.63) is 58.8 Å². The van der Waals surface area contributed by atoms with E-state index in [1.165, 1.54) is 11.1 Å². The predicted octanol–water partition coefficient (Wildman–Crippen LogP) is 5.00. The zero-order valence-corrected chi connectivity index (χ0v) is 17.2. The number of rotatable bonds is 4. The van der Waals surface area contributed by atoms with Crippen LogP contribution in [-0.2, 0) is 0 Å². The second-order valence-corrected chi connectivity index (χ2v) is 7.58. The lowest BCUT2D eigenvalue weighted by Gasteiger charge is -2.31. The summed E-state index contributed by atoms with van der Waals surface area (Å²) in [6, 6.07) is 12.4. The minimum Gasteiger partial charge on any atom is -0.507 e. The van der Waals surface area contributed by atoms with E-state index in [9.17, 15) is 5.11 Å². The molecule has 146 valence electrons. The monoisotopic (exact) mass is 376 g/mol. The van der Waals surface area contributed by atoms with Crippen LogP contribution >= 0.6 is 0 Å². The lowest BCUT2D eigenvalue weighted by Crippen LogP contribution is -2.27. The molecule has 0 saturated heterocycles. The first-order valence-electron chi connectivity index (χ1n) is 9.95. The molecule has 5 heteroatoms. The van der Waals surface area contributed by atoms with Crippen LogP contribution in [0.4, 0.5) is 11.4 Å². The Kier molecular flexibility index (Phi) is 4.53. The van der Waals surface area contributed by atoms with E-state index in [2.05, 4.69) is 62.2 Å². The molecular formula is C23H28N4O. The molecule has 2 aromatic carbocycles. The Bertz CT molecular complexity index is 1030. The topological polar surface area (TPSA) is 53.3 Å². The van der Waals surface area contributed by atoms with Crippen molar-refractivity contribution in [2.45, 2.75) is 40.8 Å². The van der Waals surface area contributed by atoms with Gasteiger partial charge in [-0.05, 0) is 64.4 Å². The summed E-state index contributed by atoms with van der Waals surface area (Å²) in [7, 11) is 0. The largest absolute Gasteiger partial charge is 0.507 e. The van der Waals surface area contributed by atoms with Crippen molar-refractivity contribution < 1.29 is 5.11 Å². The van der Waals surface area contributed by atoms with Gasteiger partial charge in [0.1, 0.15) is 5.75 Å². The van der Waals surface area contributed by atoms with E-state index in [1.54, 1.807) is 0 Å². The van der Waals surface area contributed by atoms with Crippen LogP contribution in [-0.4, -0.2) is 28.0 Å². The molecule has 0 aliphatic carbocycles. The number of aryl methyl sites for hydroxylation is 3. The van der Waals surface area contributed by atoms with Gasteiger partial charge in [0.05, 0.1) is 11.4 Å². The summed E-state index contributed by atoms with van der Waals surface area (Å²) < 4.78 is 1.99. The van der Waals surface area contributed by atoms with Crippen LogP contribution in [0.2, 0.25) is 0 Å². The Labute approximate surface area is 166 Å². The molecule has 1 aromatic heterocycles. The first kappa shape index (κ1) is 18.4. The van der Waals surface area contributed by atoms with Crippen LogP contribution in [0.5, 0.6) is 5.75 Å². The van der Waals surface area contributed by atoms with Gasteiger partial charge in [0.25, 0.3) is 0 Å². The number of hydrogen-bond donors (Lipinski definition) is 2. The Hall–Kier alpha value is -2.95. The standard InChI is InChI=1S/C23H28N4O/c1-6-26(7-2)17-8-9-18(21(28)13-17)23-24-22-15(4)10-14(3)11-19(22)20-12-16(5)25-27(20)23/h8-13,23-24,28H,6-7H2,1-5H3/t23-/m1/s1. The minimum absolute atomic E-state index is 0.247. The zero-order valence-electron chi connectivity index (χ0n) is 17.2. The molecule has 0 radical (unpaired) electrons. The van der Waals surface area contributed by atoms with Crippen molar-refractivity contribution in [3.63, 3.8) is 0 Å². The number of hydrogen-bond acceptors (Lipinski definition) is 4. The van der Waals surface area contributed by atoms with E-state index in [-0.39, 0.29) is 11.9 Å². The molecule has 3 aromatic rings. The summed E-state index contributed by atoms with van der Waals surface area (Å²) in [6.07, 6.45) is -0.247. The summed E-state index contributed by atoms with van der Waals surface area (Å²) in [6.45, 7) is 12.3. The summed E-state index contributed by atoms with van der Waals surface area (Å²) in [5.41, 5.74) is 8.60. The van der Waals surface area contributed by atoms with E-state index in [0.717, 1.165) is 47.0 Å². The highest BCUT2D eigenvalue weighted by molar-refractivity contribution is 5.82. The summed E-state index contributed by atoms with van der Waals surface area (Å²) in [5.74, 6) is 0.286. The molecule has 4 rings (SSSR count). The quantitative estimate of drug-likeness (QED) is 0.673. The Morgan fingerprint density at radius 3 is 2.50 bits per heavy atom. The maximum absolute atomic E-state index is 10.9. The highest BCUT2D eigenvalue weighted by Crippen LogP contribution is 2.43. The van der Waals surface area contributed by atoms with Crippen LogP contribution in [0.3, 0.4) is 0 Å². The van der Waals surface area contributed by atoms with Crippen molar-refractivity contribution in [1.82, 2.24) is 9.78 Å². The molecular weight excluding hydrogens is 348 g/mol. The van der Waals surface area contributed by atoms with Crippen LogP contribution < -0.4 is 10.2 Å². The first-order valence-corrected chi connectivity index (χ1v) is 9.95. The van der Waals surface area contributed by atoms with Crippen molar-refractivity contribution >= 4 is 11.4 Å². The third-order valence-corrected chi connectivity index (χ3v) is 5.58. The molecule has 0 saturated carbocycles. The molecule has 0 unspecified atom stereocenters. The fourth-order valence-corrected chi connectivity index (χ4v) is 4.23. The lowest BCUT2D eigenvalue weighted by atomic mass is 9.97. The van der Waals surface area contributed by atoms with E-state index in [0.29, 0.717) is 0 Å². The predicted molar refractivity (Wildman–Crippen MR) is 115 cm³/mol. The maximum Gasteiger partial charge on any atom is 0.150 e. The van der Waals surface area contributed by atoms with E-state index in [4.69, 9.17) is 5.10 Å². The number of phenols is 1. The van der Waals surface area contributed by atoms with Gasteiger partial charge in [0.15, 0.2) is 6.17 Å². The van der Waals surface area contributed by atoms with E-state index in [1.807, 2.05) is 23.7 Å². The molecule has 0 spiro atoms. The third kappa shape index (κ3) is 2.91. The number of fused-ring (bicyclic) bond motifs is 3. The van der Waals surface area contributed by atoms with Gasteiger partial charge in [-0.2, -0.15) is 5.10 Å². The van der Waals surface area contributed by atoms with Gasteiger partial charge in [0, 0.05) is 41.7 Å². The first-order chi connectivity index (χ1) is 13.4. The minimum atomic E-state index is -0.247. The smallest absolute Gasteiger partial charge is 0.150 e. The van der Waals surface area contributed by atoms with Crippen LogP contribution in [0.25, 0.3) is 11.3 Å². The average Bonchev–Trinajstić information content (AvgIpc) is 3.05. The molecule has 5 nitrogen and oxygen atoms in total. The zero-order chi connectivity index (χ0) is 20.0. The van der Waals surface area contributed by atoms with Gasteiger partial charge in [-0.3, -0.25) is 0 Å². The van der Waals surface area contributed by atoms with Crippen LogP contribution in [0.15, 0.2) is 36.4 Å². The number of aromatic nitrogens is 2. The molecule has 1 aliphatic rings. The number of aromatic hydroxyl groups is 1. The van der Waals surface area contributed by atoms with Gasteiger partial charge in [-0.25, -0.2) is 4.68 Å². The molecule has 0 bridgehead atoms. The average molecular weight is 377 g/mol. The van der Waals surface area contributed by atoms with Gasteiger partial charge in [-0.15, -0.1) is 0 Å². The fraction of sp³-hybridized carbons (Fsp3) is 0.348. The highest BCUT2D eigenvalue weighted by Gasteiger charge is 2.29. The molecule has 2 N–H and O–H groups in total. The van der Waals surface area contributed by atoms with Crippen molar-refractivity contribution in [2.24, 2.45) is 0 Å². The third-order valence-electron chi connectivity index (χ3n) is 5.58. The fourth-order valence-electron chi connectivity index (χ4n) is 4.23. The van der Waals surface area contributed by atoms with Crippen molar-refractivity contribution in [1.29, 1.82) is 0 Å². The van der Waals surface area contributed by atoms with E-state index >= 15 is 0 Å². The SMILES string of the molecule is CCN(CC)c1ccc([C@@H]2Nc3c(C)cc(C)cc3-c3cc(C)nn32)c(O)c1. The van der Waals surface area contributed by atoms with Crippen LogP contribution in [0, 0.1) is 20.8 Å². The number of benzene rings is 2. The molecule has 1 aliphatic heterocycles. The van der Waals surface area contributed by atoms with Gasteiger partial charge in [0.2, 0.25) is 0 Å². The molecule has 0 amide bonds. The van der Waals surface area contributed by atoms with Crippen molar-refractivity contribution in [3.8, 4) is 17.0 Å². The lowest BCUT2D eigenvalue weighted by molar-refractivity contribution is 0.452. The Morgan fingerprint density at radius 2 is 1.82 bits per heavy atom. The Morgan fingerprint density at radius 1 is 1.07 bits per heavy atom. The number of anilines is 2. The summed E-state index contributed by atoms with van der Waals surface area (Å²) in [4.78, 5) is 2.23. The van der Waals surface area contributed by atoms with E-state index < -0.39 is 0 Å². The normalized spacial score (nSPS) is 15.0. The van der Waals surface area contributed by atoms with Gasteiger partial charge < -0.3 is 15.3 Å². The molecule has 2 heterocycles. The summed E-state index contributed by atoms with van der Waals surface area (Å²) in [5, 5.41) is 19.2. The second-order valence-electron chi connectivity index (χ2n) is 7.58. The van der Waals surface area contributed by atoms with Gasteiger partial charge in [-0.1, -0.05) is 11.6 Å². The van der Waals surface area contributed by atoms with Crippen molar-refractivity contribution in [2.75, 3.05) is 23.3 Å². The maximum atomic E-state index is 10.9. The van der Waals surface area contributed by atoms with Gasteiger partial charge >= 0.3 is 0 Å². The summed E-state index contributed by atoms with van der Waals surface area (Å²) >= 11 is 0.